The van der Waals surface area contributed by atoms with Crippen LogP contribution in [-0.2, 0) is 16.0 Å². The number of para-hydroxylation sites is 1. The lowest BCUT2D eigenvalue weighted by molar-refractivity contribution is -0.141. The van der Waals surface area contributed by atoms with Gasteiger partial charge in [-0.2, -0.15) is 0 Å². The van der Waals surface area contributed by atoms with Crippen molar-refractivity contribution >= 4 is 22.8 Å². The number of hydrogen-bond acceptors (Lipinski definition) is 2. The lowest BCUT2D eigenvalue weighted by Gasteiger charge is -2.08. The van der Waals surface area contributed by atoms with Gasteiger partial charge in [0, 0.05) is 23.1 Å². The Morgan fingerprint density at radius 1 is 1.33 bits per heavy atom. The average Bonchev–Trinajstić information content (AvgIpc) is 2.75. The van der Waals surface area contributed by atoms with E-state index in [1.54, 1.807) is 6.92 Å². The van der Waals surface area contributed by atoms with Gasteiger partial charge >= 0.3 is 5.97 Å². The molecule has 1 atom stereocenters. The van der Waals surface area contributed by atoms with E-state index in [1.165, 1.54) is 0 Å². The topological polar surface area (TPSA) is 82.2 Å². The highest BCUT2D eigenvalue weighted by Gasteiger charge is 2.13. The van der Waals surface area contributed by atoms with Crippen LogP contribution in [0.2, 0.25) is 0 Å². The van der Waals surface area contributed by atoms with E-state index in [0.29, 0.717) is 19.4 Å². The maximum atomic E-state index is 12.0. The van der Waals surface area contributed by atoms with Gasteiger partial charge in [-0.3, -0.25) is 9.59 Å². The molecule has 21 heavy (non-hydrogen) atoms. The van der Waals surface area contributed by atoms with E-state index in [0.717, 1.165) is 22.2 Å². The minimum Gasteiger partial charge on any atom is -0.481 e. The number of carboxylic acids is 1. The molecule has 0 aliphatic rings. The van der Waals surface area contributed by atoms with Gasteiger partial charge in [-0.25, -0.2) is 0 Å². The van der Waals surface area contributed by atoms with E-state index in [9.17, 15) is 9.59 Å². The van der Waals surface area contributed by atoms with Crippen LogP contribution in [0.5, 0.6) is 0 Å². The van der Waals surface area contributed by atoms with Crippen LogP contribution in [0.15, 0.2) is 24.3 Å². The number of benzene rings is 1. The van der Waals surface area contributed by atoms with Gasteiger partial charge in [-0.05, 0) is 25.0 Å². The molecule has 0 bridgehead atoms. The van der Waals surface area contributed by atoms with Crippen molar-refractivity contribution in [3.8, 4) is 0 Å². The summed E-state index contributed by atoms with van der Waals surface area (Å²) in [6, 6.07) is 7.88. The molecule has 5 nitrogen and oxygen atoms in total. The van der Waals surface area contributed by atoms with Gasteiger partial charge in [0.15, 0.2) is 0 Å². The molecule has 3 N–H and O–H groups in total. The molecule has 1 heterocycles. The number of H-pyrrole nitrogens is 1. The summed E-state index contributed by atoms with van der Waals surface area (Å²) in [6.07, 6.45) is 0.741. The summed E-state index contributed by atoms with van der Waals surface area (Å²) < 4.78 is 0. The first-order chi connectivity index (χ1) is 9.99. The maximum Gasteiger partial charge on any atom is 0.306 e. The van der Waals surface area contributed by atoms with Crippen LogP contribution in [0.25, 0.3) is 10.9 Å². The molecule has 0 aliphatic carbocycles. The van der Waals surface area contributed by atoms with Crippen molar-refractivity contribution in [1.82, 2.24) is 10.3 Å². The summed E-state index contributed by atoms with van der Waals surface area (Å²) in [5.41, 5.74) is 3.01. The Morgan fingerprint density at radius 2 is 2.05 bits per heavy atom. The Hall–Kier alpha value is -2.30. The Morgan fingerprint density at radius 3 is 2.76 bits per heavy atom. The molecule has 0 radical (unpaired) electrons. The Bertz CT molecular complexity index is 661. The van der Waals surface area contributed by atoms with Gasteiger partial charge in [0.2, 0.25) is 5.91 Å². The summed E-state index contributed by atoms with van der Waals surface area (Å²) in [4.78, 5) is 26.0. The van der Waals surface area contributed by atoms with Crippen molar-refractivity contribution in [1.29, 1.82) is 0 Å². The van der Waals surface area contributed by atoms with Crippen LogP contribution in [0.4, 0.5) is 0 Å². The van der Waals surface area contributed by atoms with Crippen LogP contribution in [0.1, 0.15) is 24.6 Å². The zero-order chi connectivity index (χ0) is 15.4. The molecular weight excluding hydrogens is 268 g/mol. The molecule has 0 saturated heterocycles. The van der Waals surface area contributed by atoms with Crippen molar-refractivity contribution < 1.29 is 14.7 Å². The second-order valence-corrected chi connectivity index (χ2v) is 5.33. The van der Waals surface area contributed by atoms with Crippen molar-refractivity contribution in [3.63, 3.8) is 0 Å². The summed E-state index contributed by atoms with van der Waals surface area (Å²) in [5.74, 6) is -1.36. The molecule has 5 heteroatoms. The molecule has 0 spiro atoms. The van der Waals surface area contributed by atoms with E-state index < -0.39 is 11.9 Å². The number of aliphatic carboxylic acids is 1. The number of carbonyl (C=O) groups is 2. The van der Waals surface area contributed by atoms with Gasteiger partial charge in [-0.15, -0.1) is 0 Å². The van der Waals surface area contributed by atoms with Gasteiger partial charge in [-0.1, -0.05) is 25.1 Å². The molecule has 1 unspecified atom stereocenters. The van der Waals surface area contributed by atoms with Crippen molar-refractivity contribution in [2.45, 2.75) is 26.7 Å². The predicted molar refractivity (Wildman–Crippen MR) is 81.2 cm³/mol. The number of aromatic nitrogens is 1. The fourth-order valence-corrected chi connectivity index (χ4v) is 2.34. The van der Waals surface area contributed by atoms with E-state index in [1.807, 2.05) is 31.2 Å². The van der Waals surface area contributed by atoms with Crippen LogP contribution in [0, 0.1) is 12.8 Å². The summed E-state index contributed by atoms with van der Waals surface area (Å²) >= 11 is 0. The Kier molecular flexibility index (Phi) is 4.62. The molecule has 0 saturated carbocycles. The van der Waals surface area contributed by atoms with E-state index in [2.05, 4.69) is 10.3 Å². The zero-order valence-corrected chi connectivity index (χ0v) is 12.3. The third-order valence-corrected chi connectivity index (χ3v) is 3.69. The van der Waals surface area contributed by atoms with Crippen molar-refractivity contribution in [2.24, 2.45) is 5.92 Å². The maximum absolute atomic E-state index is 12.0. The highest BCUT2D eigenvalue weighted by atomic mass is 16.4. The third kappa shape index (κ3) is 3.62. The normalized spacial score (nSPS) is 12.3. The quantitative estimate of drug-likeness (QED) is 0.762. The number of fused-ring (bicyclic) bond motifs is 1. The smallest absolute Gasteiger partial charge is 0.306 e. The molecule has 0 fully saturated rings. The minimum atomic E-state index is -0.836. The fraction of sp³-hybridized carbons (Fsp3) is 0.375. The lowest BCUT2D eigenvalue weighted by Crippen LogP contribution is -2.28. The minimum absolute atomic E-state index is 0.0829. The number of carbonyl (C=O) groups excluding carboxylic acids is 1. The molecule has 1 aromatic carbocycles. The first-order valence-electron chi connectivity index (χ1n) is 7.04. The van der Waals surface area contributed by atoms with Crippen LogP contribution in [-0.4, -0.2) is 28.5 Å². The summed E-state index contributed by atoms with van der Waals surface area (Å²) in [5, 5.41) is 12.6. The predicted octanol–water partition coefficient (Wildman–Crippen LogP) is 2.25. The third-order valence-electron chi connectivity index (χ3n) is 3.69. The fourth-order valence-electron chi connectivity index (χ4n) is 2.34. The number of nitrogens with one attached hydrogen (secondary N) is 2. The highest BCUT2D eigenvalue weighted by Crippen LogP contribution is 2.22. The lowest BCUT2D eigenvalue weighted by atomic mass is 10.1. The molecule has 112 valence electrons. The van der Waals surface area contributed by atoms with Crippen LogP contribution < -0.4 is 5.32 Å². The number of rotatable bonds is 6. The van der Waals surface area contributed by atoms with E-state index >= 15 is 0 Å². The second kappa shape index (κ2) is 6.43. The zero-order valence-electron chi connectivity index (χ0n) is 12.3. The monoisotopic (exact) mass is 288 g/mol. The number of aryl methyl sites for hydroxylation is 1. The highest BCUT2D eigenvalue weighted by molar-refractivity contribution is 5.90. The molecule has 2 rings (SSSR count). The standard InChI is InChI=1S/C16H20N2O3/c1-10(16(20)21)7-8-17-15(19)9-13-11(2)18-14-6-4-3-5-12(13)14/h3-6,10,18H,7-9H2,1-2H3,(H,17,19)(H,20,21). The van der Waals surface area contributed by atoms with Gasteiger partial charge in [0.25, 0.3) is 0 Å². The van der Waals surface area contributed by atoms with Gasteiger partial charge in [0.05, 0.1) is 12.3 Å². The number of hydrogen-bond donors (Lipinski definition) is 3. The van der Waals surface area contributed by atoms with E-state index in [4.69, 9.17) is 5.11 Å². The number of carboxylic acid groups (broad SMARTS) is 1. The number of amides is 1. The molecular formula is C16H20N2O3. The van der Waals surface area contributed by atoms with Crippen molar-refractivity contribution in [3.05, 3.63) is 35.5 Å². The first-order valence-corrected chi connectivity index (χ1v) is 7.04. The van der Waals surface area contributed by atoms with Gasteiger partial charge < -0.3 is 15.4 Å². The SMILES string of the molecule is Cc1[nH]c2ccccc2c1CC(=O)NCCC(C)C(=O)O. The molecule has 1 aromatic heterocycles. The van der Waals surface area contributed by atoms with Crippen LogP contribution >= 0.6 is 0 Å². The van der Waals surface area contributed by atoms with Crippen LogP contribution in [0.3, 0.4) is 0 Å². The summed E-state index contributed by atoms with van der Waals surface area (Å²) in [6.45, 7) is 3.97. The first kappa shape index (κ1) is 15.1. The molecule has 0 aliphatic heterocycles. The van der Waals surface area contributed by atoms with Gasteiger partial charge in [0.1, 0.15) is 0 Å². The Labute approximate surface area is 123 Å². The Balaban J connectivity index is 1.96. The second-order valence-electron chi connectivity index (χ2n) is 5.33. The molecule has 2 aromatic rings. The molecule has 1 amide bonds. The average molecular weight is 288 g/mol. The largest absolute Gasteiger partial charge is 0.481 e. The number of aromatic amines is 1. The van der Waals surface area contributed by atoms with Crippen molar-refractivity contribution in [2.75, 3.05) is 6.54 Å². The van der Waals surface area contributed by atoms with E-state index in [-0.39, 0.29) is 5.91 Å². The summed E-state index contributed by atoms with van der Waals surface area (Å²) in [7, 11) is 0.